The van der Waals surface area contributed by atoms with Gasteiger partial charge in [0.25, 0.3) is 0 Å². The van der Waals surface area contributed by atoms with Gasteiger partial charge < -0.3 is 4.90 Å². The second-order valence-electron chi connectivity index (χ2n) is 6.23. The summed E-state index contributed by atoms with van der Waals surface area (Å²) >= 11 is 0. The molecule has 0 aliphatic carbocycles. The molecule has 1 saturated heterocycles. The minimum atomic E-state index is 0.266. The van der Waals surface area contributed by atoms with E-state index >= 15 is 0 Å². The number of hydrogen-bond donors (Lipinski definition) is 0. The molecule has 0 aromatic heterocycles. The zero-order chi connectivity index (χ0) is 14.3. The van der Waals surface area contributed by atoms with Gasteiger partial charge in [-0.05, 0) is 33.2 Å². The second-order valence-corrected chi connectivity index (χ2v) is 6.23. The smallest absolute Gasteiger partial charge is 0.135 e. The summed E-state index contributed by atoms with van der Waals surface area (Å²) in [6.45, 7) is 14.5. The van der Waals surface area contributed by atoms with E-state index in [9.17, 15) is 4.79 Å². The van der Waals surface area contributed by atoms with Crippen LogP contribution in [0.25, 0.3) is 0 Å². The van der Waals surface area contributed by atoms with Crippen LogP contribution in [-0.4, -0.2) is 54.3 Å². The average Bonchev–Trinajstić information content (AvgIpc) is 2.39. The summed E-state index contributed by atoms with van der Waals surface area (Å²) in [6, 6.07) is 0.665. The Morgan fingerprint density at radius 1 is 1.11 bits per heavy atom. The molecule has 0 spiro atoms. The van der Waals surface area contributed by atoms with Gasteiger partial charge in [-0.1, -0.05) is 20.3 Å². The number of carbonyl (C=O) groups is 1. The van der Waals surface area contributed by atoms with Gasteiger partial charge in [-0.25, -0.2) is 0 Å². The van der Waals surface area contributed by atoms with Crippen LogP contribution < -0.4 is 0 Å². The zero-order valence-corrected chi connectivity index (χ0v) is 13.3. The molecule has 1 aliphatic heterocycles. The Kier molecular flexibility index (Phi) is 7.62. The van der Waals surface area contributed by atoms with E-state index in [0.717, 1.165) is 45.3 Å². The number of carbonyl (C=O) groups excluding carboxylic acids is 1. The van der Waals surface area contributed by atoms with E-state index in [-0.39, 0.29) is 5.92 Å². The summed E-state index contributed by atoms with van der Waals surface area (Å²) in [5, 5.41) is 0. The van der Waals surface area contributed by atoms with Crippen molar-refractivity contribution in [2.75, 3.05) is 32.7 Å². The maximum absolute atomic E-state index is 11.9. The number of ketones is 1. The van der Waals surface area contributed by atoms with Crippen LogP contribution in [0.15, 0.2) is 0 Å². The van der Waals surface area contributed by atoms with Crippen LogP contribution in [0.1, 0.15) is 53.4 Å². The van der Waals surface area contributed by atoms with Crippen molar-refractivity contribution in [1.82, 2.24) is 9.80 Å². The lowest BCUT2D eigenvalue weighted by molar-refractivity contribution is -0.122. The molecule has 112 valence electrons. The van der Waals surface area contributed by atoms with Gasteiger partial charge in [-0.3, -0.25) is 9.69 Å². The van der Waals surface area contributed by atoms with Crippen molar-refractivity contribution in [2.45, 2.75) is 59.4 Å². The largest absolute Gasteiger partial charge is 0.301 e. The first kappa shape index (κ1) is 16.6. The van der Waals surface area contributed by atoms with Crippen molar-refractivity contribution in [1.29, 1.82) is 0 Å². The van der Waals surface area contributed by atoms with Gasteiger partial charge in [-0.15, -0.1) is 0 Å². The highest BCUT2D eigenvalue weighted by Gasteiger charge is 2.19. The van der Waals surface area contributed by atoms with Crippen molar-refractivity contribution >= 4 is 5.78 Å². The highest BCUT2D eigenvalue weighted by molar-refractivity contribution is 5.80. The molecule has 1 rings (SSSR count). The van der Waals surface area contributed by atoms with Gasteiger partial charge in [0.2, 0.25) is 0 Å². The van der Waals surface area contributed by atoms with Gasteiger partial charge in [-0.2, -0.15) is 0 Å². The lowest BCUT2D eigenvalue weighted by atomic mass is 9.97. The summed E-state index contributed by atoms with van der Waals surface area (Å²) < 4.78 is 0. The highest BCUT2D eigenvalue weighted by Crippen LogP contribution is 2.11. The standard InChI is InChI=1S/C16H32N2O/c1-5-7-15(4)16(19)8-6-9-17-10-12-18(13-11-17)14(2)3/h14-15H,5-13H2,1-4H3/t15-/m1/s1. The molecule has 1 heterocycles. The normalized spacial score (nSPS) is 19.8. The number of rotatable bonds is 8. The van der Waals surface area contributed by atoms with Gasteiger partial charge in [0.1, 0.15) is 5.78 Å². The molecule has 0 aromatic carbocycles. The third kappa shape index (κ3) is 6.05. The summed E-state index contributed by atoms with van der Waals surface area (Å²) in [5.74, 6) is 0.727. The van der Waals surface area contributed by atoms with Crippen LogP contribution in [0.2, 0.25) is 0 Å². The molecule has 0 radical (unpaired) electrons. The first-order valence-electron chi connectivity index (χ1n) is 8.03. The summed E-state index contributed by atoms with van der Waals surface area (Å²) in [6.07, 6.45) is 3.97. The third-order valence-corrected chi connectivity index (χ3v) is 4.31. The zero-order valence-electron chi connectivity index (χ0n) is 13.3. The monoisotopic (exact) mass is 268 g/mol. The lowest BCUT2D eigenvalue weighted by Crippen LogP contribution is -2.48. The summed E-state index contributed by atoms with van der Waals surface area (Å²) in [4.78, 5) is 16.9. The van der Waals surface area contributed by atoms with Gasteiger partial charge in [0.05, 0.1) is 0 Å². The molecule has 1 atom stereocenters. The Bertz CT molecular complexity index is 257. The number of hydrogen-bond acceptors (Lipinski definition) is 3. The van der Waals surface area contributed by atoms with Gasteiger partial charge >= 0.3 is 0 Å². The van der Waals surface area contributed by atoms with E-state index in [4.69, 9.17) is 0 Å². The van der Waals surface area contributed by atoms with Crippen molar-refractivity contribution in [3.05, 3.63) is 0 Å². The number of nitrogens with zero attached hydrogens (tertiary/aromatic N) is 2. The fourth-order valence-corrected chi connectivity index (χ4v) is 2.82. The lowest BCUT2D eigenvalue weighted by Gasteiger charge is -2.36. The predicted octanol–water partition coefficient (Wildman–Crippen LogP) is 2.80. The Labute approximate surface area is 119 Å². The third-order valence-electron chi connectivity index (χ3n) is 4.31. The van der Waals surface area contributed by atoms with Crippen molar-refractivity contribution in [3.63, 3.8) is 0 Å². The van der Waals surface area contributed by atoms with Crippen molar-refractivity contribution in [2.24, 2.45) is 5.92 Å². The molecule has 1 aliphatic rings. The van der Waals surface area contributed by atoms with Crippen LogP contribution in [0, 0.1) is 5.92 Å². The topological polar surface area (TPSA) is 23.6 Å². The Morgan fingerprint density at radius 3 is 2.26 bits per heavy atom. The number of Topliss-reactive ketones (excluding diaryl/α,β-unsaturated/α-hetero) is 1. The second kappa shape index (κ2) is 8.70. The Morgan fingerprint density at radius 2 is 1.74 bits per heavy atom. The van der Waals surface area contributed by atoms with Gasteiger partial charge in [0.15, 0.2) is 0 Å². The van der Waals surface area contributed by atoms with Crippen LogP contribution in [-0.2, 0) is 4.79 Å². The summed E-state index contributed by atoms with van der Waals surface area (Å²) in [7, 11) is 0. The van der Waals surface area contributed by atoms with Crippen LogP contribution in [0.4, 0.5) is 0 Å². The first-order valence-corrected chi connectivity index (χ1v) is 8.03. The molecule has 0 amide bonds. The molecule has 0 saturated carbocycles. The molecular formula is C16H32N2O. The minimum absolute atomic E-state index is 0.266. The van der Waals surface area contributed by atoms with Crippen molar-refractivity contribution in [3.8, 4) is 0 Å². The molecule has 3 heteroatoms. The molecular weight excluding hydrogens is 236 g/mol. The molecule has 0 aromatic rings. The average molecular weight is 268 g/mol. The Balaban J connectivity index is 2.12. The highest BCUT2D eigenvalue weighted by atomic mass is 16.1. The van der Waals surface area contributed by atoms with Gasteiger partial charge in [0, 0.05) is 44.6 Å². The molecule has 1 fully saturated rings. The van der Waals surface area contributed by atoms with E-state index in [1.165, 1.54) is 13.1 Å². The fourth-order valence-electron chi connectivity index (χ4n) is 2.82. The molecule has 0 N–H and O–H groups in total. The predicted molar refractivity (Wildman–Crippen MR) is 81.5 cm³/mol. The summed E-state index contributed by atoms with van der Waals surface area (Å²) in [5.41, 5.74) is 0. The maximum atomic E-state index is 11.9. The molecule has 19 heavy (non-hydrogen) atoms. The number of piperazine rings is 1. The van der Waals surface area contributed by atoms with E-state index < -0.39 is 0 Å². The Hall–Kier alpha value is -0.410. The van der Waals surface area contributed by atoms with Crippen LogP contribution >= 0.6 is 0 Å². The van der Waals surface area contributed by atoms with E-state index in [1.54, 1.807) is 0 Å². The minimum Gasteiger partial charge on any atom is -0.301 e. The molecule has 3 nitrogen and oxygen atoms in total. The van der Waals surface area contributed by atoms with E-state index in [2.05, 4.69) is 37.5 Å². The van der Waals surface area contributed by atoms with E-state index in [1.807, 2.05) is 0 Å². The van der Waals surface area contributed by atoms with Crippen LogP contribution in [0.5, 0.6) is 0 Å². The molecule has 0 unspecified atom stereocenters. The fraction of sp³-hybridized carbons (Fsp3) is 0.938. The maximum Gasteiger partial charge on any atom is 0.135 e. The first-order chi connectivity index (χ1) is 9.04. The quantitative estimate of drug-likeness (QED) is 0.676. The molecule has 0 bridgehead atoms. The van der Waals surface area contributed by atoms with Crippen LogP contribution in [0.3, 0.4) is 0 Å². The van der Waals surface area contributed by atoms with Crippen molar-refractivity contribution < 1.29 is 4.79 Å². The van der Waals surface area contributed by atoms with E-state index in [0.29, 0.717) is 11.8 Å². The SMILES string of the molecule is CCC[C@@H](C)C(=O)CCCN1CCN(C(C)C)CC1.